The number of aliphatic carboxylic acids is 1. The van der Waals surface area contributed by atoms with E-state index < -0.39 is 5.97 Å². The Bertz CT molecular complexity index is 924. The minimum absolute atomic E-state index is 0.207. The van der Waals surface area contributed by atoms with Crippen LogP contribution in [0.25, 0.3) is 17.2 Å². The Kier molecular flexibility index (Phi) is 5.78. The first kappa shape index (κ1) is 19.2. The molecule has 0 bridgehead atoms. The van der Waals surface area contributed by atoms with E-state index in [1.165, 1.54) is 12.1 Å². The van der Waals surface area contributed by atoms with Gasteiger partial charge in [-0.15, -0.1) is 0 Å². The third-order valence-electron chi connectivity index (χ3n) is 3.98. The zero-order valence-electron chi connectivity index (χ0n) is 15.2. The van der Waals surface area contributed by atoms with E-state index >= 15 is 0 Å². The number of aryl methyl sites for hydroxylation is 2. The van der Waals surface area contributed by atoms with E-state index in [2.05, 4.69) is 5.32 Å². The molecule has 0 fully saturated rings. The molecule has 0 aromatic heterocycles. The van der Waals surface area contributed by atoms with Crippen molar-refractivity contribution >= 4 is 17.7 Å². The van der Waals surface area contributed by atoms with Crippen LogP contribution in [0.15, 0.2) is 35.9 Å². The molecule has 0 aliphatic heterocycles. The molecular formula is C21H21FN2O2. The van der Waals surface area contributed by atoms with Crippen LogP contribution in [0.2, 0.25) is 0 Å². The lowest BCUT2D eigenvalue weighted by Gasteiger charge is -2.14. The number of carbonyl (C=O) groups is 1. The fourth-order valence-corrected chi connectivity index (χ4v) is 2.74. The zero-order chi connectivity index (χ0) is 19.4. The SMILES string of the molecule is Cc1cc(-c2ccc(NC(C)C)cc2F)c(C)cc1/C=C(\C#N)C(=O)O. The van der Waals surface area contributed by atoms with E-state index in [1.807, 2.05) is 32.9 Å². The quantitative estimate of drug-likeness (QED) is 0.592. The van der Waals surface area contributed by atoms with Crippen molar-refractivity contribution in [2.45, 2.75) is 33.7 Å². The van der Waals surface area contributed by atoms with E-state index in [9.17, 15) is 9.18 Å². The number of nitrogens with one attached hydrogen (secondary N) is 1. The van der Waals surface area contributed by atoms with Crippen LogP contribution in [0.4, 0.5) is 10.1 Å². The molecule has 0 unspecified atom stereocenters. The van der Waals surface area contributed by atoms with E-state index in [4.69, 9.17) is 10.4 Å². The first-order valence-electron chi connectivity index (χ1n) is 8.25. The lowest BCUT2D eigenvalue weighted by molar-refractivity contribution is -0.132. The molecule has 2 rings (SSSR count). The van der Waals surface area contributed by atoms with E-state index in [0.717, 1.165) is 22.4 Å². The van der Waals surface area contributed by atoms with Gasteiger partial charge in [-0.2, -0.15) is 5.26 Å². The van der Waals surface area contributed by atoms with Gasteiger partial charge in [0.25, 0.3) is 0 Å². The van der Waals surface area contributed by atoms with Crippen molar-refractivity contribution < 1.29 is 14.3 Å². The number of nitriles is 1. The Labute approximate surface area is 152 Å². The number of halogens is 1. The van der Waals surface area contributed by atoms with Crippen LogP contribution in [0.5, 0.6) is 0 Å². The second-order valence-corrected chi connectivity index (χ2v) is 6.49. The Morgan fingerprint density at radius 3 is 2.42 bits per heavy atom. The highest BCUT2D eigenvalue weighted by Gasteiger charge is 2.13. The fraction of sp³-hybridized carbons (Fsp3) is 0.238. The van der Waals surface area contributed by atoms with E-state index in [0.29, 0.717) is 11.1 Å². The fourth-order valence-electron chi connectivity index (χ4n) is 2.74. The highest BCUT2D eigenvalue weighted by atomic mass is 19.1. The molecular weight excluding hydrogens is 331 g/mol. The highest BCUT2D eigenvalue weighted by Crippen LogP contribution is 2.31. The third-order valence-corrected chi connectivity index (χ3v) is 3.98. The summed E-state index contributed by atoms with van der Waals surface area (Å²) in [5, 5.41) is 21.1. The van der Waals surface area contributed by atoms with Gasteiger partial charge in [0, 0.05) is 17.3 Å². The summed E-state index contributed by atoms with van der Waals surface area (Å²) in [6, 6.07) is 10.5. The molecule has 2 N–H and O–H groups in total. The average Bonchev–Trinajstić information content (AvgIpc) is 2.55. The van der Waals surface area contributed by atoms with Crippen LogP contribution in [-0.2, 0) is 4.79 Å². The summed E-state index contributed by atoms with van der Waals surface area (Å²) < 4.78 is 14.6. The number of hydrogen-bond acceptors (Lipinski definition) is 3. The van der Waals surface area contributed by atoms with E-state index in [1.54, 1.807) is 25.1 Å². The van der Waals surface area contributed by atoms with Gasteiger partial charge in [0.1, 0.15) is 17.5 Å². The molecule has 0 aliphatic carbocycles. The van der Waals surface area contributed by atoms with Crippen molar-refractivity contribution in [2.75, 3.05) is 5.32 Å². The van der Waals surface area contributed by atoms with Gasteiger partial charge in [0.05, 0.1) is 0 Å². The lowest BCUT2D eigenvalue weighted by Crippen LogP contribution is -2.09. The minimum Gasteiger partial charge on any atom is -0.477 e. The van der Waals surface area contributed by atoms with Crippen molar-refractivity contribution in [2.24, 2.45) is 0 Å². The maximum absolute atomic E-state index is 14.6. The molecule has 0 atom stereocenters. The smallest absolute Gasteiger partial charge is 0.346 e. The van der Waals surface area contributed by atoms with Gasteiger partial charge >= 0.3 is 5.97 Å². The average molecular weight is 352 g/mol. The molecule has 134 valence electrons. The Hall–Kier alpha value is -3.13. The molecule has 4 nitrogen and oxygen atoms in total. The van der Waals surface area contributed by atoms with Crippen molar-refractivity contribution in [3.8, 4) is 17.2 Å². The summed E-state index contributed by atoms with van der Waals surface area (Å²) in [4.78, 5) is 11.0. The normalized spacial score (nSPS) is 11.3. The minimum atomic E-state index is -1.27. The van der Waals surface area contributed by atoms with Crippen LogP contribution in [0, 0.1) is 31.0 Å². The molecule has 2 aromatic rings. The molecule has 0 saturated heterocycles. The molecule has 0 amide bonds. The van der Waals surface area contributed by atoms with Crippen molar-refractivity contribution in [1.82, 2.24) is 0 Å². The largest absolute Gasteiger partial charge is 0.477 e. The van der Waals surface area contributed by atoms with Gasteiger partial charge in [-0.05, 0) is 74.2 Å². The number of rotatable bonds is 5. The van der Waals surface area contributed by atoms with Crippen LogP contribution < -0.4 is 5.32 Å². The van der Waals surface area contributed by atoms with Gasteiger partial charge in [-0.25, -0.2) is 9.18 Å². The molecule has 2 aromatic carbocycles. The standard InChI is InChI=1S/C21H21FN2O2/c1-12(2)24-17-5-6-18(20(22)10-17)19-8-13(3)15(7-14(19)4)9-16(11-23)21(25)26/h5-10,12,24H,1-4H3,(H,25,26)/b16-9+. The lowest BCUT2D eigenvalue weighted by atomic mass is 9.93. The topological polar surface area (TPSA) is 73.1 Å². The van der Waals surface area contributed by atoms with Crippen molar-refractivity contribution in [3.63, 3.8) is 0 Å². The van der Waals surface area contributed by atoms with Crippen LogP contribution in [0.3, 0.4) is 0 Å². The molecule has 0 saturated carbocycles. The van der Waals surface area contributed by atoms with E-state index in [-0.39, 0.29) is 17.4 Å². The summed E-state index contributed by atoms with van der Waals surface area (Å²) in [5.41, 5.74) is 3.79. The van der Waals surface area contributed by atoms with Crippen LogP contribution in [0.1, 0.15) is 30.5 Å². The highest BCUT2D eigenvalue weighted by molar-refractivity contribution is 5.96. The van der Waals surface area contributed by atoms with Gasteiger partial charge in [0.15, 0.2) is 0 Å². The van der Waals surface area contributed by atoms with Crippen LogP contribution in [-0.4, -0.2) is 17.1 Å². The van der Waals surface area contributed by atoms with Gasteiger partial charge in [-0.1, -0.05) is 12.1 Å². The summed E-state index contributed by atoms with van der Waals surface area (Å²) in [6.45, 7) is 7.60. The molecule has 0 spiro atoms. The predicted molar refractivity (Wildman–Crippen MR) is 101 cm³/mol. The molecule has 0 heterocycles. The van der Waals surface area contributed by atoms with Crippen molar-refractivity contribution in [3.05, 3.63) is 58.4 Å². The summed E-state index contributed by atoms with van der Waals surface area (Å²) >= 11 is 0. The predicted octanol–water partition coefficient (Wildman–Crippen LogP) is 4.92. The molecule has 0 aliphatic rings. The number of hydrogen-bond donors (Lipinski definition) is 2. The first-order valence-corrected chi connectivity index (χ1v) is 8.25. The number of nitrogens with zero attached hydrogens (tertiary/aromatic N) is 1. The van der Waals surface area contributed by atoms with Gasteiger partial charge in [0.2, 0.25) is 0 Å². The summed E-state index contributed by atoms with van der Waals surface area (Å²) in [7, 11) is 0. The number of anilines is 1. The number of benzene rings is 2. The van der Waals surface area contributed by atoms with Gasteiger partial charge < -0.3 is 10.4 Å². The first-order chi connectivity index (χ1) is 12.2. The number of carboxylic acid groups (broad SMARTS) is 1. The third kappa shape index (κ3) is 4.28. The van der Waals surface area contributed by atoms with Crippen molar-refractivity contribution in [1.29, 1.82) is 5.26 Å². The van der Waals surface area contributed by atoms with Gasteiger partial charge in [-0.3, -0.25) is 0 Å². The second kappa shape index (κ2) is 7.83. The Morgan fingerprint density at radius 1 is 1.19 bits per heavy atom. The maximum Gasteiger partial charge on any atom is 0.346 e. The molecule has 26 heavy (non-hydrogen) atoms. The monoisotopic (exact) mass is 352 g/mol. The van der Waals surface area contributed by atoms with Crippen LogP contribution >= 0.6 is 0 Å². The zero-order valence-corrected chi connectivity index (χ0v) is 15.2. The summed E-state index contributed by atoms with van der Waals surface area (Å²) in [5.74, 6) is -1.60. The molecule has 0 radical (unpaired) electrons. The Balaban J connectivity index is 2.49. The summed E-state index contributed by atoms with van der Waals surface area (Å²) in [6.07, 6.45) is 1.33. The Morgan fingerprint density at radius 2 is 1.88 bits per heavy atom. The maximum atomic E-state index is 14.6. The number of carboxylic acids is 1. The second-order valence-electron chi connectivity index (χ2n) is 6.49. The molecule has 5 heteroatoms.